The summed E-state index contributed by atoms with van der Waals surface area (Å²) in [7, 11) is 0. The third-order valence-corrected chi connectivity index (χ3v) is 3.67. The van der Waals surface area contributed by atoms with Crippen molar-refractivity contribution in [1.82, 2.24) is 4.90 Å². The van der Waals surface area contributed by atoms with E-state index < -0.39 is 0 Å². The van der Waals surface area contributed by atoms with Gasteiger partial charge in [0.15, 0.2) is 0 Å². The summed E-state index contributed by atoms with van der Waals surface area (Å²) in [5, 5.41) is 2.07. The van der Waals surface area contributed by atoms with E-state index in [0.717, 1.165) is 24.6 Å². The molecule has 0 fully saturated rings. The minimum Gasteiger partial charge on any atom is -0.379 e. The predicted molar refractivity (Wildman–Crippen MR) is 86.8 cm³/mol. The maximum absolute atomic E-state index is 5.62. The van der Waals surface area contributed by atoms with Crippen LogP contribution in [0.4, 0.5) is 0 Å². The van der Waals surface area contributed by atoms with Gasteiger partial charge in [0.05, 0.1) is 31.4 Å². The predicted octanol–water partition coefficient (Wildman–Crippen LogP) is 3.62. The second-order valence-electron chi connectivity index (χ2n) is 4.58. The van der Waals surface area contributed by atoms with Crippen LogP contribution >= 0.6 is 11.8 Å². The van der Waals surface area contributed by atoms with Crippen LogP contribution in [0.15, 0.2) is 28.5 Å². The Morgan fingerprint density at radius 1 is 1.30 bits per heavy atom. The molecule has 1 aliphatic heterocycles. The average Bonchev–Trinajstić information content (AvgIpc) is 2.98. The Kier molecular flexibility index (Phi) is 10.4. The van der Waals surface area contributed by atoms with Gasteiger partial charge < -0.3 is 14.4 Å². The van der Waals surface area contributed by atoms with Gasteiger partial charge in [0, 0.05) is 19.0 Å². The molecule has 4 nitrogen and oxygen atoms in total. The van der Waals surface area contributed by atoms with Crippen molar-refractivity contribution in [2.75, 3.05) is 32.3 Å². The van der Waals surface area contributed by atoms with Crippen LogP contribution in [0.2, 0.25) is 0 Å². The van der Waals surface area contributed by atoms with Gasteiger partial charge in [0.2, 0.25) is 0 Å². The first kappa shape index (κ1) is 17.3. The summed E-state index contributed by atoms with van der Waals surface area (Å²) >= 11 is 1.76. The lowest BCUT2D eigenvalue weighted by atomic mass is 10.2. The largest absolute Gasteiger partial charge is 0.379 e. The number of hydrogen-bond donors (Lipinski definition) is 0. The summed E-state index contributed by atoms with van der Waals surface area (Å²) in [6, 6.07) is 0. The highest BCUT2D eigenvalue weighted by molar-refractivity contribution is 8.02. The second kappa shape index (κ2) is 12.0. The van der Waals surface area contributed by atoms with E-state index in [1.54, 1.807) is 18.0 Å². The Balaban J connectivity index is 2.02. The first-order valence-corrected chi connectivity index (χ1v) is 8.28. The van der Waals surface area contributed by atoms with Crippen LogP contribution in [0.25, 0.3) is 0 Å². The topological polar surface area (TPSA) is 34.1 Å². The summed E-state index contributed by atoms with van der Waals surface area (Å²) < 4.78 is 11.2. The number of nitrogens with zero attached hydrogens (tertiary/aromatic N) is 2. The molecule has 5 heteroatoms. The third-order valence-electron chi connectivity index (χ3n) is 2.92. The molecule has 0 radical (unpaired) electrons. The number of rotatable bonds is 12. The fourth-order valence-corrected chi connectivity index (χ4v) is 2.52. The van der Waals surface area contributed by atoms with Crippen molar-refractivity contribution in [1.29, 1.82) is 0 Å². The molecule has 0 unspecified atom stereocenters. The van der Waals surface area contributed by atoms with Gasteiger partial charge >= 0.3 is 0 Å². The highest BCUT2D eigenvalue weighted by Crippen LogP contribution is 2.20. The standard InChI is InChI=1S/C15H26N2O2S/c1-3-4-5-6-8-18-9-10-19-13-15(12-16-2)17-7-11-20-14-17/h7,11-12H,2-6,8-10,13-14H2,1H3/b15-12-. The van der Waals surface area contributed by atoms with Crippen LogP contribution in [-0.2, 0) is 9.47 Å². The highest BCUT2D eigenvalue weighted by Gasteiger charge is 2.10. The molecule has 0 aromatic heterocycles. The Hall–Kier alpha value is -0.780. The minimum absolute atomic E-state index is 0.545. The SMILES string of the molecule is C=N/C=C(/COCCOCCCCCC)N1C=CSC1. The van der Waals surface area contributed by atoms with Gasteiger partial charge in [0.25, 0.3) is 0 Å². The van der Waals surface area contributed by atoms with Crippen LogP contribution in [0, 0.1) is 0 Å². The third kappa shape index (κ3) is 7.72. The summed E-state index contributed by atoms with van der Waals surface area (Å²) in [4.78, 5) is 5.95. The Morgan fingerprint density at radius 2 is 2.15 bits per heavy atom. The maximum Gasteiger partial charge on any atom is 0.0884 e. The molecule has 114 valence electrons. The van der Waals surface area contributed by atoms with Crippen LogP contribution < -0.4 is 0 Å². The van der Waals surface area contributed by atoms with Crippen molar-refractivity contribution in [2.45, 2.75) is 32.6 Å². The molecule has 0 amide bonds. The van der Waals surface area contributed by atoms with Gasteiger partial charge in [-0.15, -0.1) is 11.8 Å². The molecule has 1 aliphatic rings. The molecule has 0 aliphatic carbocycles. The Labute approximate surface area is 126 Å². The molecule has 0 aromatic carbocycles. The van der Waals surface area contributed by atoms with E-state index in [2.05, 4.69) is 28.9 Å². The summed E-state index contributed by atoms with van der Waals surface area (Å²) in [6.45, 7) is 8.38. The molecular formula is C15H26N2O2S. The number of hydrogen-bond acceptors (Lipinski definition) is 5. The van der Waals surface area contributed by atoms with Crippen LogP contribution in [0.1, 0.15) is 32.6 Å². The summed E-state index contributed by atoms with van der Waals surface area (Å²) in [6.07, 6.45) is 8.75. The number of aliphatic imine (C=N–C) groups is 1. The smallest absolute Gasteiger partial charge is 0.0884 e. The van der Waals surface area contributed by atoms with Crippen LogP contribution in [-0.4, -0.2) is 43.9 Å². The van der Waals surface area contributed by atoms with Crippen molar-refractivity contribution in [3.05, 3.63) is 23.5 Å². The van der Waals surface area contributed by atoms with Crippen LogP contribution in [0.3, 0.4) is 0 Å². The van der Waals surface area contributed by atoms with E-state index in [0.29, 0.717) is 19.8 Å². The molecule has 20 heavy (non-hydrogen) atoms. The van der Waals surface area contributed by atoms with Gasteiger partial charge in [-0.2, -0.15) is 0 Å². The van der Waals surface area contributed by atoms with Crippen molar-refractivity contribution in [3.8, 4) is 0 Å². The lowest BCUT2D eigenvalue weighted by Gasteiger charge is -2.18. The van der Waals surface area contributed by atoms with Crippen molar-refractivity contribution in [2.24, 2.45) is 4.99 Å². The number of ether oxygens (including phenoxy) is 2. The molecule has 0 bridgehead atoms. The Bertz CT molecular complexity index is 319. The molecule has 0 aromatic rings. The molecular weight excluding hydrogens is 272 g/mol. The monoisotopic (exact) mass is 298 g/mol. The maximum atomic E-state index is 5.62. The van der Waals surface area contributed by atoms with E-state index in [-0.39, 0.29) is 0 Å². The average molecular weight is 298 g/mol. The Morgan fingerprint density at radius 3 is 2.85 bits per heavy atom. The number of unbranched alkanes of at least 4 members (excludes halogenated alkanes) is 3. The van der Waals surface area contributed by atoms with Crippen molar-refractivity contribution in [3.63, 3.8) is 0 Å². The van der Waals surface area contributed by atoms with Crippen molar-refractivity contribution >= 4 is 18.5 Å². The van der Waals surface area contributed by atoms with E-state index in [9.17, 15) is 0 Å². The van der Waals surface area contributed by atoms with Crippen molar-refractivity contribution < 1.29 is 9.47 Å². The first-order chi connectivity index (χ1) is 9.88. The van der Waals surface area contributed by atoms with E-state index in [4.69, 9.17) is 9.47 Å². The molecule has 1 heterocycles. The lowest BCUT2D eigenvalue weighted by molar-refractivity contribution is 0.0507. The number of thioether (sulfide) groups is 1. The fraction of sp³-hybridized carbons (Fsp3) is 0.667. The quantitative estimate of drug-likeness (QED) is 0.407. The molecule has 0 N–H and O–H groups in total. The molecule has 0 saturated carbocycles. The van der Waals surface area contributed by atoms with E-state index in [1.165, 1.54) is 19.3 Å². The zero-order valence-corrected chi connectivity index (χ0v) is 13.2. The molecule has 0 spiro atoms. The van der Waals surface area contributed by atoms with Crippen LogP contribution in [0.5, 0.6) is 0 Å². The van der Waals surface area contributed by atoms with E-state index >= 15 is 0 Å². The fourth-order valence-electron chi connectivity index (χ4n) is 1.79. The normalized spacial score (nSPS) is 15.1. The first-order valence-electron chi connectivity index (χ1n) is 7.23. The summed E-state index contributed by atoms with van der Waals surface area (Å²) in [5.74, 6) is 0.915. The van der Waals surface area contributed by atoms with Gasteiger partial charge in [-0.1, -0.05) is 26.2 Å². The molecule has 1 rings (SSSR count). The minimum atomic E-state index is 0.545. The summed E-state index contributed by atoms with van der Waals surface area (Å²) in [5.41, 5.74) is 1.03. The van der Waals surface area contributed by atoms with Gasteiger partial charge in [-0.25, -0.2) is 0 Å². The highest BCUT2D eigenvalue weighted by atomic mass is 32.2. The molecule has 0 saturated heterocycles. The second-order valence-corrected chi connectivity index (χ2v) is 5.44. The van der Waals surface area contributed by atoms with Gasteiger partial charge in [-0.3, -0.25) is 4.99 Å². The van der Waals surface area contributed by atoms with Gasteiger partial charge in [-0.05, 0) is 18.5 Å². The zero-order chi connectivity index (χ0) is 14.5. The zero-order valence-electron chi connectivity index (χ0n) is 12.4. The van der Waals surface area contributed by atoms with E-state index in [1.807, 2.05) is 6.20 Å². The molecule has 0 atom stereocenters. The lowest BCUT2D eigenvalue weighted by Crippen LogP contribution is -2.18. The van der Waals surface area contributed by atoms with Gasteiger partial charge in [0.1, 0.15) is 0 Å².